The van der Waals surface area contributed by atoms with Gasteiger partial charge in [0.15, 0.2) is 4.77 Å². The molecule has 3 aromatic rings. The van der Waals surface area contributed by atoms with Gasteiger partial charge in [-0.25, -0.2) is 9.37 Å². The second-order valence-electron chi connectivity index (χ2n) is 4.42. The topological polar surface area (TPSA) is 33.6 Å². The number of rotatable bonds is 2. The van der Waals surface area contributed by atoms with E-state index in [-0.39, 0.29) is 11.9 Å². The van der Waals surface area contributed by atoms with Gasteiger partial charge in [0.1, 0.15) is 16.3 Å². The predicted molar refractivity (Wildman–Crippen MR) is 77.7 cm³/mol. The molecule has 3 nitrogen and oxygen atoms in total. The third kappa shape index (κ3) is 2.01. The lowest BCUT2D eigenvalue weighted by atomic mass is 10.2. The minimum absolute atomic E-state index is 0.0123. The second-order valence-corrected chi connectivity index (χ2v) is 6.07. The number of hydrogen-bond acceptors (Lipinski definition) is 3. The maximum absolute atomic E-state index is 13.7. The van der Waals surface area contributed by atoms with E-state index in [1.165, 1.54) is 6.07 Å². The highest BCUT2D eigenvalue weighted by Crippen LogP contribution is 2.27. The van der Waals surface area contributed by atoms with Gasteiger partial charge in [0.05, 0.1) is 11.6 Å². The molecule has 1 aromatic carbocycles. The Hall–Kier alpha value is -1.53. The zero-order valence-corrected chi connectivity index (χ0v) is 12.1. The van der Waals surface area contributed by atoms with E-state index >= 15 is 0 Å². The van der Waals surface area contributed by atoms with Crippen molar-refractivity contribution in [2.24, 2.45) is 0 Å². The van der Waals surface area contributed by atoms with Crippen molar-refractivity contribution >= 4 is 34.6 Å². The first-order valence-electron chi connectivity index (χ1n) is 5.89. The minimum Gasteiger partial charge on any atom is -0.328 e. The molecule has 0 aliphatic heterocycles. The highest BCUT2D eigenvalue weighted by molar-refractivity contribution is 7.71. The average molecular weight is 293 g/mol. The molecule has 0 spiro atoms. The van der Waals surface area contributed by atoms with Crippen LogP contribution >= 0.6 is 23.6 Å². The van der Waals surface area contributed by atoms with Gasteiger partial charge in [0, 0.05) is 11.1 Å². The summed E-state index contributed by atoms with van der Waals surface area (Å²) in [5.41, 5.74) is 1.22. The number of para-hydroxylation sites is 1. The number of H-pyrrole nitrogens is 1. The first-order chi connectivity index (χ1) is 9.08. The van der Waals surface area contributed by atoms with E-state index in [9.17, 15) is 4.39 Å². The largest absolute Gasteiger partial charge is 0.328 e. The standard InChI is InChI=1S/C13H12FN3S2/c1-7-6-15-12(19-7)8(2)17-10-5-3-4-9(14)11(10)16-13(17)18/h3-6,8H,1-2H3,(H,16,18). The third-order valence-corrected chi connectivity index (χ3v) is 4.47. The fourth-order valence-electron chi connectivity index (χ4n) is 2.17. The van der Waals surface area contributed by atoms with E-state index in [4.69, 9.17) is 12.2 Å². The summed E-state index contributed by atoms with van der Waals surface area (Å²) in [7, 11) is 0. The lowest BCUT2D eigenvalue weighted by Crippen LogP contribution is -2.06. The van der Waals surface area contributed by atoms with Gasteiger partial charge >= 0.3 is 0 Å². The molecule has 0 saturated heterocycles. The number of imidazole rings is 1. The molecule has 19 heavy (non-hydrogen) atoms. The maximum atomic E-state index is 13.7. The smallest absolute Gasteiger partial charge is 0.178 e. The first kappa shape index (κ1) is 12.5. The van der Waals surface area contributed by atoms with Crippen molar-refractivity contribution in [2.45, 2.75) is 19.9 Å². The number of halogens is 1. The fourth-order valence-corrected chi connectivity index (χ4v) is 3.35. The minimum atomic E-state index is -0.287. The monoisotopic (exact) mass is 293 g/mol. The molecule has 0 fully saturated rings. The van der Waals surface area contributed by atoms with Gasteiger partial charge in [-0.15, -0.1) is 11.3 Å². The Labute approximate surface area is 118 Å². The number of thiazole rings is 1. The Balaban J connectivity index is 2.23. The van der Waals surface area contributed by atoms with E-state index in [0.717, 1.165) is 15.4 Å². The van der Waals surface area contributed by atoms with Crippen LogP contribution in [0.5, 0.6) is 0 Å². The van der Waals surface area contributed by atoms with Gasteiger partial charge in [-0.05, 0) is 38.2 Å². The van der Waals surface area contributed by atoms with Crippen molar-refractivity contribution in [3.8, 4) is 0 Å². The van der Waals surface area contributed by atoms with Crippen LogP contribution in [0.2, 0.25) is 0 Å². The van der Waals surface area contributed by atoms with Crippen LogP contribution in [-0.4, -0.2) is 14.5 Å². The van der Waals surface area contributed by atoms with Crippen molar-refractivity contribution in [1.82, 2.24) is 14.5 Å². The Bertz CT molecular complexity index is 800. The van der Waals surface area contributed by atoms with Crippen molar-refractivity contribution in [2.75, 3.05) is 0 Å². The molecule has 0 aliphatic rings. The predicted octanol–water partition coefficient (Wildman–Crippen LogP) is 4.21. The van der Waals surface area contributed by atoms with Crippen LogP contribution in [0.3, 0.4) is 0 Å². The van der Waals surface area contributed by atoms with Crippen molar-refractivity contribution < 1.29 is 4.39 Å². The fraction of sp³-hybridized carbons (Fsp3) is 0.231. The molecule has 1 atom stereocenters. The third-order valence-electron chi connectivity index (χ3n) is 3.09. The van der Waals surface area contributed by atoms with Crippen LogP contribution < -0.4 is 0 Å². The quantitative estimate of drug-likeness (QED) is 0.718. The van der Waals surface area contributed by atoms with E-state index < -0.39 is 0 Å². The maximum Gasteiger partial charge on any atom is 0.178 e. The van der Waals surface area contributed by atoms with Crippen LogP contribution in [0.15, 0.2) is 24.4 Å². The van der Waals surface area contributed by atoms with Gasteiger partial charge in [-0.1, -0.05) is 6.07 Å². The molecule has 2 aromatic heterocycles. The van der Waals surface area contributed by atoms with E-state index in [1.807, 2.05) is 30.7 Å². The van der Waals surface area contributed by atoms with Crippen molar-refractivity contribution in [1.29, 1.82) is 0 Å². The Kier molecular flexibility index (Phi) is 2.99. The number of fused-ring (bicyclic) bond motifs is 1. The summed E-state index contributed by atoms with van der Waals surface area (Å²) in [6.45, 7) is 4.04. The summed E-state index contributed by atoms with van der Waals surface area (Å²) in [5.74, 6) is -0.287. The van der Waals surface area contributed by atoms with Crippen LogP contribution in [0.4, 0.5) is 4.39 Å². The van der Waals surface area contributed by atoms with E-state index in [1.54, 1.807) is 17.4 Å². The molecule has 1 unspecified atom stereocenters. The van der Waals surface area contributed by atoms with Crippen LogP contribution in [0.25, 0.3) is 11.0 Å². The van der Waals surface area contributed by atoms with Crippen LogP contribution in [0.1, 0.15) is 22.9 Å². The molecule has 0 saturated carbocycles. The van der Waals surface area contributed by atoms with Gasteiger partial charge < -0.3 is 9.55 Å². The summed E-state index contributed by atoms with van der Waals surface area (Å²) >= 11 is 6.94. The number of nitrogens with one attached hydrogen (secondary N) is 1. The molecule has 98 valence electrons. The molecule has 0 amide bonds. The van der Waals surface area contributed by atoms with Gasteiger partial charge in [-0.3, -0.25) is 0 Å². The molecule has 6 heteroatoms. The normalized spacial score (nSPS) is 13.0. The van der Waals surface area contributed by atoms with Crippen molar-refractivity contribution in [3.05, 3.63) is 44.9 Å². The van der Waals surface area contributed by atoms with Gasteiger partial charge in [0.2, 0.25) is 0 Å². The Morgan fingerprint density at radius 1 is 1.47 bits per heavy atom. The number of hydrogen-bond donors (Lipinski definition) is 1. The lowest BCUT2D eigenvalue weighted by molar-refractivity contribution is 0.636. The molecule has 2 heterocycles. The van der Waals surface area contributed by atoms with Crippen molar-refractivity contribution in [3.63, 3.8) is 0 Å². The second kappa shape index (κ2) is 4.54. The lowest BCUT2D eigenvalue weighted by Gasteiger charge is -2.11. The molecular formula is C13H12FN3S2. The molecule has 0 radical (unpaired) electrons. The summed E-state index contributed by atoms with van der Waals surface area (Å²) in [4.78, 5) is 8.47. The van der Waals surface area contributed by atoms with Gasteiger partial charge in [0.25, 0.3) is 0 Å². The number of aromatic nitrogens is 3. The van der Waals surface area contributed by atoms with Gasteiger partial charge in [-0.2, -0.15) is 0 Å². The molecule has 0 aliphatic carbocycles. The molecule has 1 N–H and O–H groups in total. The highest BCUT2D eigenvalue weighted by Gasteiger charge is 2.17. The number of nitrogens with zero attached hydrogens (tertiary/aromatic N) is 2. The summed E-state index contributed by atoms with van der Waals surface area (Å²) in [6, 6.07) is 4.97. The zero-order chi connectivity index (χ0) is 13.6. The molecule has 3 rings (SSSR count). The summed E-state index contributed by atoms with van der Waals surface area (Å²) in [6.07, 6.45) is 1.84. The highest BCUT2D eigenvalue weighted by atomic mass is 32.1. The van der Waals surface area contributed by atoms with Crippen LogP contribution in [-0.2, 0) is 0 Å². The Morgan fingerprint density at radius 3 is 2.95 bits per heavy atom. The number of aromatic amines is 1. The summed E-state index contributed by atoms with van der Waals surface area (Å²) < 4.78 is 16.2. The average Bonchev–Trinajstić information content (AvgIpc) is 2.93. The number of benzene rings is 1. The zero-order valence-electron chi connectivity index (χ0n) is 10.5. The summed E-state index contributed by atoms with van der Waals surface area (Å²) in [5, 5.41) is 0.971. The number of aryl methyl sites for hydroxylation is 1. The van der Waals surface area contributed by atoms with E-state index in [0.29, 0.717) is 10.3 Å². The van der Waals surface area contributed by atoms with E-state index in [2.05, 4.69) is 9.97 Å². The molecule has 0 bridgehead atoms. The molecular weight excluding hydrogens is 281 g/mol. The first-order valence-corrected chi connectivity index (χ1v) is 7.11. The Morgan fingerprint density at radius 2 is 2.26 bits per heavy atom. The van der Waals surface area contributed by atoms with Crippen LogP contribution in [0, 0.1) is 17.5 Å². The SMILES string of the molecule is Cc1cnc(C(C)n2c(=S)[nH]c3c(F)cccc32)s1.